The van der Waals surface area contributed by atoms with Crippen molar-refractivity contribution < 1.29 is 8.78 Å². The minimum Gasteiger partial charge on any atom is -0.312 e. The molecule has 0 atom stereocenters. The second kappa shape index (κ2) is 3.59. The summed E-state index contributed by atoms with van der Waals surface area (Å²) in [5, 5.41) is 2.98. The fourth-order valence-corrected chi connectivity index (χ4v) is 2.01. The fraction of sp³-hybridized carbons (Fsp3) is 0.400. The second-order valence-corrected chi connectivity index (χ2v) is 4.35. The minimum atomic E-state index is -2.71. The average Bonchev–Trinajstić information content (AvgIpc) is 2.26. The molecule has 0 spiro atoms. The largest absolute Gasteiger partial charge is 0.312 e. The van der Waals surface area contributed by atoms with Crippen molar-refractivity contribution in [2.24, 2.45) is 0 Å². The van der Waals surface area contributed by atoms with Crippen LogP contribution in [0, 0.1) is 0 Å². The van der Waals surface area contributed by atoms with Gasteiger partial charge in [-0.15, -0.1) is 0 Å². The van der Waals surface area contributed by atoms with E-state index >= 15 is 0 Å². The maximum Gasteiger partial charge on any atom is 0.274 e. The van der Waals surface area contributed by atoms with Crippen molar-refractivity contribution in [3.63, 3.8) is 0 Å². The van der Waals surface area contributed by atoms with Crippen molar-refractivity contribution in [2.45, 2.75) is 18.9 Å². The van der Waals surface area contributed by atoms with Gasteiger partial charge in [0, 0.05) is 29.5 Å². The summed E-state index contributed by atoms with van der Waals surface area (Å²) in [6.07, 6.45) is -0.129. The molecule has 0 aliphatic carbocycles. The van der Waals surface area contributed by atoms with E-state index in [1.165, 1.54) is 6.07 Å². The molecule has 0 saturated heterocycles. The molecule has 1 aromatic rings. The maximum atomic E-state index is 13.6. The number of halogens is 3. The third-order valence-electron chi connectivity index (χ3n) is 2.40. The van der Waals surface area contributed by atoms with Crippen LogP contribution in [0.3, 0.4) is 0 Å². The summed E-state index contributed by atoms with van der Waals surface area (Å²) in [6.45, 7) is 0.886. The van der Waals surface area contributed by atoms with Crippen LogP contribution in [-0.4, -0.2) is 6.54 Å². The van der Waals surface area contributed by atoms with Gasteiger partial charge >= 0.3 is 0 Å². The lowest BCUT2D eigenvalue weighted by atomic mass is 10.0. The van der Waals surface area contributed by atoms with Crippen molar-refractivity contribution in [1.29, 1.82) is 0 Å². The predicted octanol–water partition coefficient (Wildman–Crippen LogP) is 3.03. The molecule has 0 bridgehead atoms. The Labute approximate surface area is 89.6 Å². The van der Waals surface area contributed by atoms with Crippen LogP contribution in [0.2, 0.25) is 0 Å². The number of rotatable bonds is 0. The Bertz CT molecular complexity index is 352. The van der Waals surface area contributed by atoms with Crippen molar-refractivity contribution in [3.8, 4) is 0 Å². The lowest BCUT2D eigenvalue weighted by Crippen LogP contribution is -2.17. The monoisotopic (exact) mass is 261 g/mol. The van der Waals surface area contributed by atoms with Gasteiger partial charge in [-0.3, -0.25) is 0 Å². The van der Waals surface area contributed by atoms with Crippen molar-refractivity contribution in [2.75, 3.05) is 6.54 Å². The zero-order chi connectivity index (χ0) is 10.2. The summed E-state index contributed by atoms with van der Waals surface area (Å²) in [5.74, 6) is -2.71. The fourth-order valence-electron chi connectivity index (χ4n) is 1.65. The first kappa shape index (κ1) is 10.1. The molecular formula is C10H10BrF2N. The molecule has 1 aromatic carbocycles. The first-order valence-corrected chi connectivity index (χ1v) is 5.26. The van der Waals surface area contributed by atoms with Crippen LogP contribution in [-0.2, 0) is 12.5 Å². The third-order valence-corrected chi connectivity index (χ3v) is 2.89. The van der Waals surface area contributed by atoms with Crippen molar-refractivity contribution in [1.82, 2.24) is 5.32 Å². The SMILES string of the molecule is FC1(F)CCNCc2ccc(Br)cc21. The summed E-state index contributed by atoms with van der Waals surface area (Å²) < 4.78 is 27.9. The lowest BCUT2D eigenvalue weighted by Gasteiger charge is -2.16. The van der Waals surface area contributed by atoms with Gasteiger partial charge in [-0.05, 0) is 17.7 Å². The van der Waals surface area contributed by atoms with Crippen molar-refractivity contribution in [3.05, 3.63) is 33.8 Å². The van der Waals surface area contributed by atoms with Crippen LogP contribution in [0.5, 0.6) is 0 Å². The first-order valence-electron chi connectivity index (χ1n) is 4.47. The minimum absolute atomic E-state index is 0.129. The summed E-state index contributed by atoms with van der Waals surface area (Å²) in [6, 6.07) is 5.05. The Kier molecular flexibility index (Phi) is 2.58. The van der Waals surface area contributed by atoms with Gasteiger partial charge < -0.3 is 5.32 Å². The molecule has 4 heteroatoms. The zero-order valence-electron chi connectivity index (χ0n) is 7.49. The summed E-state index contributed by atoms with van der Waals surface area (Å²) >= 11 is 3.21. The number of benzene rings is 1. The molecule has 1 N–H and O–H groups in total. The molecule has 0 fully saturated rings. The molecule has 2 rings (SSSR count). The quantitative estimate of drug-likeness (QED) is 0.757. The van der Waals surface area contributed by atoms with E-state index in [9.17, 15) is 8.78 Å². The van der Waals surface area contributed by atoms with E-state index in [4.69, 9.17) is 0 Å². The van der Waals surface area contributed by atoms with Gasteiger partial charge in [0.05, 0.1) is 0 Å². The Balaban J connectivity index is 2.52. The molecule has 0 radical (unpaired) electrons. The van der Waals surface area contributed by atoms with E-state index in [0.717, 1.165) is 0 Å². The number of nitrogens with one attached hydrogen (secondary N) is 1. The Morgan fingerprint density at radius 1 is 1.36 bits per heavy atom. The lowest BCUT2D eigenvalue weighted by molar-refractivity contribution is -0.0107. The standard InChI is InChI=1S/C10H10BrF2N/c11-8-2-1-7-6-14-4-3-10(12,13)9(7)5-8/h1-2,5,14H,3-4,6H2. The Hall–Kier alpha value is -0.480. The molecule has 1 aliphatic heterocycles. The smallest absolute Gasteiger partial charge is 0.274 e. The van der Waals surface area contributed by atoms with E-state index < -0.39 is 5.92 Å². The molecule has 0 aromatic heterocycles. The predicted molar refractivity (Wildman–Crippen MR) is 54.4 cm³/mol. The summed E-state index contributed by atoms with van der Waals surface area (Å²) in [7, 11) is 0. The van der Waals surface area contributed by atoms with E-state index in [1.807, 2.05) is 0 Å². The van der Waals surface area contributed by atoms with Gasteiger partial charge in [0.1, 0.15) is 0 Å². The van der Waals surface area contributed by atoms with Crippen LogP contribution in [0.25, 0.3) is 0 Å². The van der Waals surface area contributed by atoms with Crippen LogP contribution >= 0.6 is 15.9 Å². The number of fused-ring (bicyclic) bond motifs is 1. The molecular weight excluding hydrogens is 252 g/mol. The van der Waals surface area contributed by atoms with Gasteiger partial charge in [-0.1, -0.05) is 22.0 Å². The molecule has 1 nitrogen and oxygen atoms in total. The number of alkyl halides is 2. The van der Waals surface area contributed by atoms with E-state index in [1.54, 1.807) is 12.1 Å². The van der Waals surface area contributed by atoms with Gasteiger partial charge in [-0.2, -0.15) is 0 Å². The highest BCUT2D eigenvalue weighted by Gasteiger charge is 2.34. The highest BCUT2D eigenvalue weighted by Crippen LogP contribution is 2.36. The van der Waals surface area contributed by atoms with Crippen LogP contribution in [0.1, 0.15) is 17.5 Å². The molecule has 1 heterocycles. The highest BCUT2D eigenvalue weighted by molar-refractivity contribution is 9.10. The van der Waals surface area contributed by atoms with Gasteiger partial charge in [0.15, 0.2) is 0 Å². The Morgan fingerprint density at radius 3 is 2.93 bits per heavy atom. The molecule has 1 aliphatic rings. The van der Waals surface area contributed by atoms with Crippen LogP contribution in [0.15, 0.2) is 22.7 Å². The highest BCUT2D eigenvalue weighted by atomic mass is 79.9. The van der Waals surface area contributed by atoms with Crippen molar-refractivity contribution >= 4 is 15.9 Å². The average molecular weight is 262 g/mol. The van der Waals surface area contributed by atoms with E-state index in [0.29, 0.717) is 23.1 Å². The normalized spacial score (nSPS) is 19.9. The summed E-state index contributed by atoms with van der Waals surface area (Å²) in [5.41, 5.74) is 0.840. The van der Waals surface area contributed by atoms with Crippen LogP contribution < -0.4 is 5.32 Å². The van der Waals surface area contributed by atoms with E-state index in [-0.39, 0.29) is 12.0 Å². The van der Waals surface area contributed by atoms with Crippen LogP contribution in [0.4, 0.5) is 8.78 Å². The molecule has 76 valence electrons. The number of hydrogen-bond acceptors (Lipinski definition) is 1. The molecule has 14 heavy (non-hydrogen) atoms. The van der Waals surface area contributed by atoms with Gasteiger partial charge in [0.2, 0.25) is 0 Å². The molecule has 0 unspecified atom stereocenters. The first-order chi connectivity index (χ1) is 6.59. The topological polar surface area (TPSA) is 12.0 Å². The molecule has 0 saturated carbocycles. The third kappa shape index (κ3) is 1.81. The summed E-state index contributed by atoms with van der Waals surface area (Å²) in [4.78, 5) is 0. The van der Waals surface area contributed by atoms with Gasteiger partial charge in [-0.25, -0.2) is 8.78 Å². The maximum absolute atomic E-state index is 13.6. The molecule has 0 amide bonds. The zero-order valence-corrected chi connectivity index (χ0v) is 9.07. The van der Waals surface area contributed by atoms with E-state index in [2.05, 4.69) is 21.2 Å². The Morgan fingerprint density at radius 2 is 2.14 bits per heavy atom. The number of hydrogen-bond donors (Lipinski definition) is 1. The second-order valence-electron chi connectivity index (χ2n) is 3.43. The van der Waals surface area contributed by atoms with Gasteiger partial charge in [0.25, 0.3) is 5.92 Å².